The standard InChI is InChI=1S/C20H18N4O2.C6H11.Ho/c1-2-15-10-14-7-6-13(9-16(14)22-15)12-21-20(26)17-11-19(25)24-8-4-3-5-18(24)23-17;1-6-4-2-3-5-6;/h3-11,22H,2,12H2,1H3,(H,21,26);4,6H,2-3,5H2,1H3;/q;-1;/t;6-;/m.1./s1. The molecule has 1 atom stereocenters. The number of carbonyl (C=O) groups excluding carboxylic acids is 1. The third-order valence-electron chi connectivity index (χ3n) is 5.81. The van der Waals surface area contributed by atoms with Gasteiger partial charge >= 0.3 is 0 Å². The summed E-state index contributed by atoms with van der Waals surface area (Å²) in [5, 5.41) is 3.98. The Morgan fingerprint density at radius 3 is 2.79 bits per heavy atom. The molecular weight excluding hydrogens is 565 g/mol. The fourth-order valence-corrected chi connectivity index (χ4v) is 3.94. The van der Waals surface area contributed by atoms with Crippen LogP contribution in [-0.4, -0.2) is 20.3 Å². The molecule has 1 aliphatic carbocycles. The smallest absolute Gasteiger partial charge is 0.270 e. The number of fused-ring (bicyclic) bond motifs is 2. The first-order valence-corrected chi connectivity index (χ1v) is 11.2. The molecule has 33 heavy (non-hydrogen) atoms. The maximum absolute atomic E-state index is 12.4. The molecule has 4 aromatic rings. The molecule has 0 aliphatic heterocycles. The zero-order chi connectivity index (χ0) is 22.5. The maximum Gasteiger partial charge on any atom is 0.270 e. The van der Waals surface area contributed by atoms with E-state index in [-0.39, 0.29) is 54.9 Å². The SMILES string of the molecule is CCc1cc2ccc(CNC(=O)c3cc(=O)n4ccccc4n3)cc2[nH]1.C[C@@H]1[CH-]CCC1.[Ho]. The largest absolute Gasteiger partial charge is 0.358 e. The van der Waals surface area contributed by atoms with Gasteiger partial charge in [-0.3, -0.25) is 14.0 Å². The van der Waals surface area contributed by atoms with Gasteiger partial charge in [0.2, 0.25) is 0 Å². The molecule has 177 valence electrons. The molecule has 0 bridgehead atoms. The Balaban J connectivity index is 0.000000382. The Hall–Kier alpha value is -2.15. The second-order valence-electron chi connectivity index (χ2n) is 8.30. The van der Waals surface area contributed by atoms with Crippen molar-refractivity contribution in [2.24, 2.45) is 5.92 Å². The Morgan fingerprint density at radius 1 is 1.24 bits per heavy atom. The molecule has 0 spiro atoms. The average molecular weight is 594 g/mol. The zero-order valence-electron chi connectivity index (χ0n) is 18.9. The van der Waals surface area contributed by atoms with Gasteiger partial charge in [-0.1, -0.05) is 44.9 Å². The van der Waals surface area contributed by atoms with Crippen molar-refractivity contribution in [1.82, 2.24) is 19.7 Å². The van der Waals surface area contributed by atoms with E-state index < -0.39 is 0 Å². The summed E-state index contributed by atoms with van der Waals surface area (Å²) in [5.41, 5.74) is 3.51. The number of aryl methyl sites for hydroxylation is 1. The molecule has 2 N–H and O–H groups in total. The molecule has 7 heteroatoms. The second-order valence-corrected chi connectivity index (χ2v) is 8.30. The maximum atomic E-state index is 12.4. The van der Waals surface area contributed by atoms with Crippen LogP contribution in [0, 0.1) is 50.1 Å². The third-order valence-corrected chi connectivity index (χ3v) is 5.81. The summed E-state index contributed by atoms with van der Waals surface area (Å²) in [6, 6.07) is 14.6. The number of carbonyl (C=O) groups is 1. The second kappa shape index (κ2) is 11.8. The number of nitrogens with zero attached hydrogens (tertiary/aromatic N) is 2. The number of benzene rings is 1. The topological polar surface area (TPSA) is 79.3 Å². The first-order chi connectivity index (χ1) is 15.5. The average Bonchev–Trinajstić information content (AvgIpc) is 3.46. The molecule has 6 nitrogen and oxygen atoms in total. The van der Waals surface area contributed by atoms with Crippen LogP contribution in [0.3, 0.4) is 0 Å². The van der Waals surface area contributed by atoms with E-state index in [1.807, 2.05) is 18.2 Å². The van der Waals surface area contributed by atoms with Gasteiger partial charge in [0.15, 0.2) is 0 Å². The summed E-state index contributed by atoms with van der Waals surface area (Å²) in [4.78, 5) is 32.1. The van der Waals surface area contributed by atoms with Crippen molar-refractivity contribution in [3.05, 3.63) is 88.5 Å². The molecule has 3 aromatic heterocycles. The van der Waals surface area contributed by atoms with Crippen LogP contribution in [0.5, 0.6) is 0 Å². The first kappa shape index (κ1) is 25.5. The van der Waals surface area contributed by atoms with Gasteiger partial charge in [-0.15, -0.1) is 0 Å². The van der Waals surface area contributed by atoms with E-state index in [0.717, 1.165) is 28.8 Å². The number of nitrogens with one attached hydrogen (secondary N) is 2. The van der Waals surface area contributed by atoms with Gasteiger partial charge in [0.25, 0.3) is 11.5 Å². The molecule has 1 aromatic carbocycles. The van der Waals surface area contributed by atoms with Crippen molar-refractivity contribution in [2.45, 2.75) is 46.1 Å². The van der Waals surface area contributed by atoms with E-state index in [1.54, 1.807) is 24.4 Å². The third kappa shape index (κ3) is 6.46. The van der Waals surface area contributed by atoms with Crippen LogP contribution in [-0.2, 0) is 13.0 Å². The van der Waals surface area contributed by atoms with Crippen LogP contribution in [0.15, 0.2) is 59.5 Å². The quantitative estimate of drug-likeness (QED) is 0.266. The molecule has 1 aliphatic rings. The van der Waals surface area contributed by atoms with E-state index in [9.17, 15) is 9.59 Å². The molecule has 1 fully saturated rings. The minimum absolute atomic E-state index is 0. The Kier molecular flexibility index (Phi) is 9.12. The molecule has 1 amide bonds. The molecule has 3 heterocycles. The number of hydrogen-bond acceptors (Lipinski definition) is 3. The monoisotopic (exact) mass is 594 g/mol. The number of aromatic nitrogens is 3. The van der Waals surface area contributed by atoms with Gasteiger partial charge in [0.05, 0.1) is 0 Å². The van der Waals surface area contributed by atoms with Crippen molar-refractivity contribution in [1.29, 1.82) is 0 Å². The summed E-state index contributed by atoms with van der Waals surface area (Å²) in [6.07, 6.45) is 9.20. The van der Waals surface area contributed by atoms with Crippen LogP contribution in [0.4, 0.5) is 0 Å². The van der Waals surface area contributed by atoms with Gasteiger partial charge in [-0.05, 0) is 41.6 Å². The summed E-state index contributed by atoms with van der Waals surface area (Å²) in [6.45, 7) is 4.75. The summed E-state index contributed by atoms with van der Waals surface area (Å²) < 4.78 is 1.40. The molecule has 1 saturated carbocycles. The van der Waals surface area contributed by atoms with Crippen LogP contribution < -0.4 is 10.9 Å². The van der Waals surface area contributed by atoms with E-state index in [1.165, 1.54) is 35.4 Å². The van der Waals surface area contributed by atoms with E-state index in [2.05, 4.69) is 41.6 Å². The number of hydrogen-bond donors (Lipinski definition) is 2. The molecule has 0 unspecified atom stereocenters. The van der Waals surface area contributed by atoms with Crippen molar-refractivity contribution >= 4 is 22.5 Å². The van der Waals surface area contributed by atoms with Crippen LogP contribution >= 0.6 is 0 Å². The van der Waals surface area contributed by atoms with E-state index in [4.69, 9.17) is 0 Å². The summed E-state index contributed by atoms with van der Waals surface area (Å²) >= 11 is 0. The van der Waals surface area contributed by atoms with Crippen molar-refractivity contribution < 1.29 is 42.5 Å². The summed E-state index contributed by atoms with van der Waals surface area (Å²) in [5.74, 6) is 0.555. The van der Waals surface area contributed by atoms with Gasteiger partial charge in [0.1, 0.15) is 11.3 Å². The minimum atomic E-state index is -0.366. The van der Waals surface area contributed by atoms with E-state index >= 15 is 0 Å². The Morgan fingerprint density at radius 2 is 2.09 bits per heavy atom. The van der Waals surface area contributed by atoms with Gasteiger partial charge in [-0.25, -0.2) is 4.98 Å². The minimum Gasteiger partial charge on any atom is -0.358 e. The molecule has 5 rings (SSSR count). The number of amides is 1. The van der Waals surface area contributed by atoms with Gasteiger partial charge in [0, 0.05) is 67.8 Å². The van der Waals surface area contributed by atoms with Crippen LogP contribution in [0.25, 0.3) is 16.6 Å². The van der Waals surface area contributed by atoms with Gasteiger partial charge in [-0.2, -0.15) is 12.3 Å². The Bertz CT molecular complexity index is 1290. The molecule has 1 radical (unpaired) electrons. The summed E-state index contributed by atoms with van der Waals surface area (Å²) in [7, 11) is 0. The molecule has 0 saturated heterocycles. The van der Waals surface area contributed by atoms with Gasteiger partial charge < -0.3 is 16.7 Å². The first-order valence-electron chi connectivity index (χ1n) is 11.2. The zero-order valence-corrected chi connectivity index (χ0v) is 20.8. The van der Waals surface area contributed by atoms with Crippen molar-refractivity contribution in [3.63, 3.8) is 0 Å². The number of rotatable bonds is 4. The molecular formula is C26H29HoN4O2-. The predicted molar refractivity (Wildman–Crippen MR) is 128 cm³/mol. The van der Waals surface area contributed by atoms with Crippen molar-refractivity contribution in [2.75, 3.05) is 0 Å². The number of pyridine rings is 1. The van der Waals surface area contributed by atoms with Crippen LogP contribution in [0.2, 0.25) is 0 Å². The van der Waals surface area contributed by atoms with E-state index in [0.29, 0.717) is 12.2 Å². The number of H-pyrrole nitrogens is 1. The predicted octanol–water partition coefficient (Wildman–Crippen LogP) is 4.68. The van der Waals surface area contributed by atoms with Crippen molar-refractivity contribution in [3.8, 4) is 0 Å². The normalized spacial score (nSPS) is 15.0. The fraction of sp³-hybridized carbons (Fsp3) is 0.308. The number of aromatic amines is 1. The van der Waals surface area contributed by atoms with Crippen LogP contribution in [0.1, 0.15) is 54.9 Å². The Labute approximate surface area is 223 Å². The fourth-order valence-electron chi connectivity index (χ4n) is 3.94.